The quantitative estimate of drug-likeness (QED) is 0.724. The van der Waals surface area contributed by atoms with Gasteiger partial charge in [-0.2, -0.15) is 0 Å². The van der Waals surface area contributed by atoms with Crippen LogP contribution in [0.5, 0.6) is 0 Å². The average molecular weight is 190 g/mol. The molecule has 0 radical (unpaired) electrons. The van der Waals surface area contributed by atoms with Gasteiger partial charge in [-0.05, 0) is 19.5 Å². The molecule has 1 heterocycles. The van der Waals surface area contributed by atoms with Crippen molar-refractivity contribution in [2.24, 2.45) is 0 Å². The molecule has 14 heavy (non-hydrogen) atoms. The molecule has 2 rings (SSSR count). The van der Waals surface area contributed by atoms with E-state index in [9.17, 15) is 0 Å². The van der Waals surface area contributed by atoms with Crippen molar-refractivity contribution in [2.75, 3.05) is 20.1 Å². The molecular weight excluding hydrogens is 172 g/mol. The van der Waals surface area contributed by atoms with Crippen molar-refractivity contribution < 1.29 is 0 Å². The zero-order valence-corrected chi connectivity index (χ0v) is 8.90. The van der Waals surface area contributed by atoms with Gasteiger partial charge in [-0.25, -0.2) is 0 Å². The number of nitrogens with one attached hydrogen (secondary N) is 1. The van der Waals surface area contributed by atoms with Gasteiger partial charge in [0.15, 0.2) is 0 Å². The van der Waals surface area contributed by atoms with E-state index in [4.69, 9.17) is 0 Å². The number of benzene rings is 1. The zero-order chi connectivity index (χ0) is 9.97. The molecule has 1 saturated heterocycles. The summed E-state index contributed by atoms with van der Waals surface area (Å²) in [6.07, 6.45) is 0. The summed E-state index contributed by atoms with van der Waals surface area (Å²) in [7, 11) is 2.20. The Morgan fingerprint density at radius 2 is 2.00 bits per heavy atom. The third-order valence-corrected chi connectivity index (χ3v) is 3.08. The van der Waals surface area contributed by atoms with Gasteiger partial charge in [-0.3, -0.25) is 0 Å². The molecule has 1 fully saturated rings. The fourth-order valence-electron chi connectivity index (χ4n) is 1.91. The predicted molar refractivity (Wildman–Crippen MR) is 59.3 cm³/mol. The van der Waals surface area contributed by atoms with E-state index in [2.05, 4.69) is 54.5 Å². The van der Waals surface area contributed by atoms with Gasteiger partial charge in [-0.15, -0.1) is 0 Å². The molecule has 0 spiro atoms. The van der Waals surface area contributed by atoms with Gasteiger partial charge in [0, 0.05) is 25.2 Å². The molecule has 0 saturated carbocycles. The lowest BCUT2D eigenvalue weighted by Gasteiger charge is -2.36. The van der Waals surface area contributed by atoms with Gasteiger partial charge < -0.3 is 10.2 Å². The third kappa shape index (κ3) is 1.97. The van der Waals surface area contributed by atoms with Gasteiger partial charge in [-0.1, -0.05) is 30.3 Å². The smallest absolute Gasteiger partial charge is 0.0449 e. The number of piperazine rings is 1. The van der Waals surface area contributed by atoms with Crippen molar-refractivity contribution in [3.05, 3.63) is 35.9 Å². The lowest BCUT2D eigenvalue weighted by molar-refractivity contribution is 0.176. The van der Waals surface area contributed by atoms with E-state index in [1.807, 2.05) is 0 Å². The largest absolute Gasteiger partial charge is 0.307 e. The van der Waals surface area contributed by atoms with E-state index < -0.39 is 0 Å². The first kappa shape index (κ1) is 9.69. The molecule has 1 aliphatic heterocycles. The lowest BCUT2D eigenvalue weighted by atomic mass is 10.0. The summed E-state index contributed by atoms with van der Waals surface area (Å²) < 4.78 is 0. The van der Waals surface area contributed by atoms with E-state index in [1.54, 1.807) is 0 Å². The van der Waals surface area contributed by atoms with Crippen LogP contribution in [-0.2, 0) is 0 Å². The lowest BCUT2D eigenvalue weighted by Crippen LogP contribution is -2.49. The zero-order valence-electron chi connectivity index (χ0n) is 8.90. The maximum absolute atomic E-state index is 3.57. The highest BCUT2D eigenvalue weighted by molar-refractivity contribution is 5.19. The summed E-state index contributed by atoms with van der Waals surface area (Å²) in [4.78, 5) is 2.41. The van der Waals surface area contributed by atoms with Crippen LogP contribution in [0.4, 0.5) is 0 Å². The summed E-state index contributed by atoms with van der Waals surface area (Å²) in [6, 6.07) is 11.8. The normalized spacial score (nSPS) is 29.0. The molecule has 76 valence electrons. The van der Waals surface area contributed by atoms with Crippen LogP contribution < -0.4 is 5.32 Å². The highest BCUT2D eigenvalue weighted by atomic mass is 15.2. The topological polar surface area (TPSA) is 15.3 Å². The molecular formula is C12H18N2. The molecule has 0 aliphatic carbocycles. The minimum Gasteiger partial charge on any atom is -0.307 e. The van der Waals surface area contributed by atoms with E-state index in [1.165, 1.54) is 5.56 Å². The van der Waals surface area contributed by atoms with E-state index in [-0.39, 0.29) is 0 Å². The summed E-state index contributed by atoms with van der Waals surface area (Å²) in [5.74, 6) is 0. The van der Waals surface area contributed by atoms with Crippen LogP contribution in [0, 0.1) is 0 Å². The van der Waals surface area contributed by atoms with Crippen LogP contribution in [0.25, 0.3) is 0 Å². The Morgan fingerprint density at radius 3 is 2.64 bits per heavy atom. The van der Waals surface area contributed by atoms with Gasteiger partial charge in [0.05, 0.1) is 0 Å². The van der Waals surface area contributed by atoms with Gasteiger partial charge >= 0.3 is 0 Å². The molecule has 1 aromatic rings. The highest BCUT2D eigenvalue weighted by Crippen LogP contribution is 2.17. The highest BCUT2D eigenvalue weighted by Gasteiger charge is 2.22. The average Bonchev–Trinajstić information content (AvgIpc) is 2.23. The Labute approximate surface area is 85.9 Å². The standard InChI is InChI=1S/C12H18N2/c1-10-8-13-12(9-14(10)2)11-6-4-3-5-7-11/h3-7,10,12-13H,8-9H2,1-2H3/t10-,12-/m1/s1. The second kappa shape index (κ2) is 4.11. The first-order valence-corrected chi connectivity index (χ1v) is 5.26. The van der Waals surface area contributed by atoms with Crippen LogP contribution in [0.1, 0.15) is 18.5 Å². The van der Waals surface area contributed by atoms with Gasteiger partial charge in [0.2, 0.25) is 0 Å². The Hall–Kier alpha value is -0.860. The van der Waals surface area contributed by atoms with Crippen LogP contribution in [-0.4, -0.2) is 31.1 Å². The number of rotatable bonds is 1. The minimum absolute atomic E-state index is 0.498. The summed E-state index contributed by atoms with van der Waals surface area (Å²) >= 11 is 0. The molecule has 0 bridgehead atoms. The molecule has 2 heteroatoms. The summed E-state index contributed by atoms with van der Waals surface area (Å²) in [5.41, 5.74) is 1.39. The van der Waals surface area contributed by atoms with Crippen molar-refractivity contribution in [1.82, 2.24) is 10.2 Å². The Bertz CT molecular complexity index is 284. The van der Waals surface area contributed by atoms with Crippen LogP contribution in [0.2, 0.25) is 0 Å². The molecule has 2 atom stereocenters. The molecule has 0 unspecified atom stereocenters. The predicted octanol–water partition coefficient (Wildman–Crippen LogP) is 1.65. The van der Waals surface area contributed by atoms with Crippen molar-refractivity contribution in [3.8, 4) is 0 Å². The fourth-order valence-corrected chi connectivity index (χ4v) is 1.91. The second-order valence-corrected chi connectivity index (χ2v) is 4.16. The number of likely N-dealkylation sites (N-methyl/N-ethyl adjacent to an activating group) is 1. The maximum Gasteiger partial charge on any atom is 0.0449 e. The molecule has 0 amide bonds. The van der Waals surface area contributed by atoms with E-state index >= 15 is 0 Å². The molecule has 1 aromatic carbocycles. The van der Waals surface area contributed by atoms with Gasteiger partial charge in [0.1, 0.15) is 0 Å². The Balaban J connectivity index is 2.07. The van der Waals surface area contributed by atoms with Gasteiger partial charge in [0.25, 0.3) is 0 Å². The van der Waals surface area contributed by atoms with Crippen molar-refractivity contribution >= 4 is 0 Å². The van der Waals surface area contributed by atoms with Crippen LogP contribution in [0.3, 0.4) is 0 Å². The Morgan fingerprint density at radius 1 is 1.29 bits per heavy atom. The fraction of sp³-hybridized carbons (Fsp3) is 0.500. The second-order valence-electron chi connectivity index (χ2n) is 4.16. The minimum atomic E-state index is 0.498. The molecule has 0 aromatic heterocycles. The van der Waals surface area contributed by atoms with E-state index in [0.29, 0.717) is 12.1 Å². The summed E-state index contributed by atoms with van der Waals surface area (Å²) in [5, 5.41) is 3.57. The third-order valence-electron chi connectivity index (χ3n) is 3.08. The van der Waals surface area contributed by atoms with Crippen LogP contribution in [0.15, 0.2) is 30.3 Å². The first-order valence-electron chi connectivity index (χ1n) is 5.26. The SMILES string of the molecule is C[C@@H]1CN[C@@H](c2ccccc2)CN1C. The van der Waals surface area contributed by atoms with Crippen LogP contribution >= 0.6 is 0 Å². The van der Waals surface area contributed by atoms with Crippen molar-refractivity contribution in [3.63, 3.8) is 0 Å². The molecule has 1 aliphatic rings. The Kier molecular flexibility index (Phi) is 2.85. The summed E-state index contributed by atoms with van der Waals surface area (Å²) in [6.45, 7) is 4.44. The number of hydrogen-bond donors (Lipinski definition) is 1. The van der Waals surface area contributed by atoms with E-state index in [0.717, 1.165) is 13.1 Å². The molecule has 1 N–H and O–H groups in total. The molecule has 2 nitrogen and oxygen atoms in total. The maximum atomic E-state index is 3.57. The van der Waals surface area contributed by atoms with Crippen molar-refractivity contribution in [2.45, 2.75) is 19.0 Å². The van der Waals surface area contributed by atoms with Crippen molar-refractivity contribution in [1.29, 1.82) is 0 Å². The number of nitrogens with zero attached hydrogens (tertiary/aromatic N) is 1. The first-order chi connectivity index (χ1) is 6.77. The monoisotopic (exact) mass is 190 g/mol. The number of hydrogen-bond acceptors (Lipinski definition) is 2.